The highest BCUT2D eigenvalue weighted by Crippen LogP contribution is 2.31. The van der Waals surface area contributed by atoms with Crippen molar-refractivity contribution in [2.45, 2.75) is 32.8 Å². The van der Waals surface area contributed by atoms with Crippen LogP contribution >= 0.6 is 11.3 Å². The van der Waals surface area contributed by atoms with Crippen LogP contribution in [0.5, 0.6) is 0 Å². The molecule has 0 aromatic carbocycles. The molecule has 25 heavy (non-hydrogen) atoms. The number of ether oxygens (including phenoxy) is 1. The Morgan fingerprint density at radius 3 is 3.04 bits per heavy atom. The Hall–Kier alpha value is -2.18. The van der Waals surface area contributed by atoms with Crippen molar-refractivity contribution in [1.82, 2.24) is 14.5 Å². The van der Waals surface area contributed by atoms with Crippen molar-refractivity contribution < 1.29 is 4.74 Å². The topological polar surface area (TPSA) is 52.0 Å². The maximum Gasteiger partial charge on any atom is 0.183 e. The molecule has 3 aromatic heterocycles. The van der Waals surface area contributed by atoms with Crippen LogP contribution in [0.2, 0.25) is 0 Å². The summed E-state index contributed by atoms with van der Waals surface area (Å²) in [5.41, 5.74) is 4.49. The lowest BCUT2D eigenvalue weighted by Gasteiger charge is -2.09. The number of rotatable bonds is 5. The summed E-state index contributed by atoms with van der Waals surface area (Å²) in [7, 11) is 0. The SMILES string of the molecule is Cc1cc(-c2csc(NCC3CCCO3)n2)c(C)n1-c1ccccn1. The number of hydrogen-bond donors (Lipinski definition) is 1. The van der Waals surface area contributed by atoms with Crippen molar-refractivity contribution >= 4 is 16.5 Å². The lowest BCUT2D eigenvalue weighted by Crippen LogP contribution is -2.18. The maximum atomic E-state index is 5.66. The summed E-state index contributed by atoms with van der Waals surface area (Å²) in [6, 6.07) is 8.16. The zero-order valence-electron chi connectivity index (χ0n) is 14.5. The van der Waals surface area contributed by atoms with Crippen LogP contribution in [0.1, 0.15) is 24.2 Å². The van der Waals surface area contributed by atoms with Crippen LogP contribution in [0.3, 0.4) is 0 Å². The molecule has 1 unspecified atom stereocenters. The van der Waals surface area contributed by atoms with Gasteiger partial charge in [0.15, 0.2) is 5.13 Å². The second-order valence-corrected chi connectivity index (χ2v) is 7.22. The molecule has 1 atom stereocenters. The highest BCUT2D eigenvalue weighted by Gasteiger charge is 2.17. The molecule has 3 aromatic rings. The second kappa shape index (κ2) is 6.98. The minimum atomic E-state index is 0.321. The average Bonchev–Trinajstić information content (AvgIpc) is 3.35. The fourth-order valence-corrected chi connectivity index (χ4v) is 4.07. The number of thiazole rings is 1. The predicted octanol–water partition coefficient (Wildman–Crippen LogP) is 4.20. The van der Waals surface area contributed by atoms with Crippen molar-refractivity contribution in [3.05, 3.63) is 47.2 Å². The van der Waals surface area contributed by atoms with E-state index < -0.39 is 0 Å². The van der Waals surface area contributed by atoms with Crippen molar-refractivity contribution in [1.29, 1.82) is 0 Å². The van der Waals surface area contributed by atoms with Crippen molar-refractivity contribution in [3.8, 4) is 17.1 Å². The van der Waals surface area contributed by atoms with Crippen molar-refractivity contribution in [2.24, 2.45) is 0 Å². The molecule has 0 saturated carbocycles. The lowest BCUT2D eigenvalue weighted by atomic mass is 10.2. The highest BCUT2D eigenvalue weighted by molar-refractivity contribution is 7.14. The average molecular weight is 354 g/mol. The number of aryl methyl sites for hydroxylation is 1. The van der Waals surface area contributed by atoms with Crippen LogP contribution in [0.25, 0.3) is 17.1 Å². The third-order valence-corrected chi connectivity index (χ3v) is 5.39. The van der Waals surface area contributed by atoms with E-state index in [9.17, 15) is 0 Å². The van der Waals surface area contributed by atoms with E-state index in [2.05, 4.69) is 40.2 Å². The molecule has 130 valence electrons. The van der Waals surface area contributed by atoms with Gasteiger partial charge in [-0.3, -0.25) is 0 Å². The van der Waals surface area contributed by atoms with Gasteiger partial charge in [-0.1, -0.05) is 6.07 Å². The Bertz CT molecular complexity index is 850. The summed E-state index contributed by atoms with van der Waals surface area (Å²) >= 11 is 1.64. The summed E-state index contributed by atoms with van der Waals surface area (Å²) in [6.45, 7) is 5.94. The van der Waals surface area contributed by atoms with Crippen LogP contribution in [-0.2, 0) is 4.74 Å². The van der Waals surface area contributed by atoms with Gasteiger partial charge in [-0.25, -0.2) is 9.97 Å². The van der Waals surface area contributed by atoms with E-state index in [0.717, 1.165) is 59.6 Å². The quantitative estimate of drug-likeness (QED) is 0.746. The van der Waals surface area contributed by atoms with E-state index in [0.29, 0.717) is 6.10 Å². The van der Waals surface area contributed by atoms with E-state index >= 15 is 0 Å². The molecule has 0 radical (unpaired) electrons. The number of nitrogens with zero attached hydrogens (tertiary/aromatic N) is 3. The molecule has 1 aliphatic rings. The summed E-state index contributed by atoms with van der Waals surface area (Å²) in [5.74, 6) is 0.940. The molecule has 0 bridgehead atoms. The van der Waals surface area contributed by atoms with Crippen molar-refractivity contribution in [3.63, 3.8) is 0 Å². The minimum absolute atomic E-state index is 0.321. The number of aromatic nitrogens is 3. The third kappa shape index (κ3) is 3.32. The molecule has 4 heterocycles. The Kier molecular flexibility index (Phi) is 4.55. The summed E-state index contributed by atoms with van der Waals surface area (Å²) < 4.78 is 7.83. The summed E-state index contributed by atoms with van der Waals surface area (Å²) in [5, 5.41) is 6.48. The number of nitrogens with one attached hydrogen (secondary N) is 1. The maximum absolute atomic E-state index is 5.66. The molecule has 0 aliphatic carbocycles. The zero-order valence-corrected chi connectivity index (χ0v) is 15.3. The van der Waals surface area contributed by atoms with Crippen LogP contribution in [0.15, 0.2) is 35.8 Å². The van der Waals surface area contributed by atoms with Crippen LogP contribution in [0, 0.1) is 13.8 Å². The molecule has 0 amide bonds. The zero-order chi connectivity index (χ0) is 17.2. The fourth-order valence-electron chi connectivity index (χ4n) is 3.35. The predicted molar refractivity (Wildman–Crippen MR) is 102 cm³/mol. The number of hydrogen-bond acceptors (Lipinski definition) is 5. The van der Waals surface area contributed by atoms with E-state index in [1.54, 1.807) is 11.3 Å². The van der Waals surface area contributed by atoms with Crippen molar-refractivity contribution in [2.75, 3.05) is 18.5 Å². The number of anilines is 1. The van der Waals surface area contributed by atoms with Gasteiger partial charge in [0.05, 0.1) is 11.8 Å². The first-order chi connectivity index (χ1) is 12.2. The molecule has 1 aliphatic heterocycles. The Morgan fingerprint density at radius 2 is 2.28 bits per heavy atom. The van der Waals surface area contributed by atoms with E-state index in [4.69, 9.17) is 9.72 Å². The van der Waals surface area contributed by atoms with E-state index in [1.165, 1.54) is 0 Å². The number of pyridine rings is 1. The molecule has 0 spiro atoms. The molecule has 1 fully saturated rings. The summed E-state index contributed by atoms with van der Waals surface area (Å²) in [6.07, 6.45) is 4.44. The van der Waals surface area contributed by atoms with Gasteiger partial charge in [0.2, 0.25) is 0 Å². The molecule has 5 nitrogen and oxygen atoms in total. The first-order valence-corrected chi connectivity index (χ1v) is 9.52. The summed E-state index contributed by atoms with van der Waals surface area (Å²) in [4.78, 5) is 9.24. The molecule has 6 heteroatoms. The first kappa shape index (κ1) is 16.3. The smallest absolute Gasteiger partial charge is 0.183 e. The normalized spacial score (nSPS) is 17.1. The Labute approximate surface area is 151 Å². The minimum Gasteiger partial charge on any atom is -0.376 e. The highest BCUT2D eigenvalue weighted by atomic mass is 32.1. The van der Waals surface area contributed by atoms with Crippen LogP contribution in [-0.4, -0.2) is 33.8 Å². The van der Waals surface area contributed by atoms with Crippen LogP contribution < -0.4 is 5.32 Å². The van der Waals surface area contributed by atoms with Gasteiger partial charge in [0.1, 0.15) is 5.82 Å². The van der Waals surface area contributed by atoms with E-state index in [1.807, 2.05) is 24.4 Å². The van der Waals surface area contributed by atoms with E-state index in [-0.39, 0.29) is 0 Å². The second-order valence-electron chi connectivity index (χ2n) is 6.36. The van der Waals surface area contributed by atoms with Gasteiger partial charge < -0.3 is 14.6 Å². The van der Waals surface area contributed by atoms with Gasteiger partial charge in [-0.15, -0.1) is 11.3 Å². The molecular formula is C19H22N4OS. The third-order valence-electron chi connectivity index (χ3n) is 4.59. The lowest BCUT2D eigenvalue weighted by molar-refractivity contribution is 0.120. The fraction of sp³-hybridized carbons (Fsp3) is 0.368. The standard InChI is InChI=1S/C19H22N4OS/c1-13-10-16(14(2)23(13)18-7-3-4-8-20-18)17-12-25-19(22-17)21-11-15-6-5-9-24-15/h3-4,7-8,10,12,15H,5-6,9,11H2,1-2H3,(H,21,22). The largest absolute Gasteiger partial charge is 0.376 e. The molecule has 4 rings (SSSR count). The van der Waals surface area contributed by atoms with Gasteiger partial charge in [-0.2, -0.15) is 0 Å². The molecular weight excluding hydrogens is 332 g/mol. The monoisotopic (exact) mass is 354 g/mol. The van der Waals surface area contributed by atoms with Crippen LogP contribution in [0.4, 0.5) is 5.13 Å². The van der Waals surface area contributed by atoms with Gasteiger partial charge >= 0.3 is 0 Å². The van der Waals surface area contributed by atoms with Gasteiger partial charge in [-0.05, 0) is 44.9 Å². The molecule has 1 N–H and O–H groups in total. The Morgan fingerprint density at radius 1 is 1.36 bits per heavy atom. The van der Waals surface area contributed by atoms with Gasteiger partial charge in [0, 0.05) is 41.7 Å². The molecule has 1 saturated heterocycles. The Balaban J connectivity index is 1.56. The van der Waals surface area contributed by atoms with Gasteiger partial charge in [0.25, 0.3) is 0 Å². The first-order valence-electron chi connectivity index (χ1n) is 8.64.